The van der Waals surface area contributed by atoms with E-state index < -0.39 is 33.8 Å². The van der Waals surface area contributed by atoms with E-state index in [9.17, 15) is 27.1 Å². The number of aromatic nitrogens is 3. The van der Waals surface area contributed by atoms with Crippen molar-refractivity contribution in [2.24, 2.45) is 0 Å². The highest BCUT2D eigenvalue weighted by atomic mass is 32.2. The Morgan fingerprint density at radius 3 is 2.55 bits per heavy atom. The van der Waals surface area contributed by atoms with Gasteiger partial charge >= 0.3 is 6.55 Å². The predicted molar refractivity (Wildman–Crippen MR) is 120 cm³/mol. The zero-order valence-corrected chi connectivity index (χ0v) is 19.3. The summed E-state index contributed by atoms with van der Waals surface area (Å²) in [4.78, 5) is 21.9. The molecule has 2 aromatic heterocycles. The van der Waals surface area contributed by atoms with Crippen LogP contribution in [0.5, 0.6) is 0 Å². The van der Waals surface area contributed by atoms with Gasteiger partial charge in [0, 0.05) is 30.7 Å². The zero-order valence-electron chi connectivity index (χ0n) is 18.5. The number of hydrogen-bond donors (Lipinski definition) is 3. The van der Waals surface area contributed by atoms with Crippen LogP contribution in [0.15, 0.2) is 17.1 Å². The summed E-state index contributed by atoms with van der Waals surface area (Å²) in [6.45, 7) is -0.538. The summed E-state index contributed by atoms with van der Waals surface area (Å²) in [7, 11) is -3.24. The Hall–Kier alpha value is -2.38. The van der Waals surface area contributed by atoms with Crippen LogP contribution in [0, 0.1) is 0 Å². The fourth-order valence-electron chi connectivity index (χ4n) is 4.75. The number of anilines is 2. The van der Waals surface area contributed by atoms with Crippen molar-refractivity contribution >= 4 is 32.7 Å². The predicted octanol–water partition coefficient (Wildman–Crippen LogP) is 1.74. The Labute approximate surface area is 190 Å². The van der Waals surface area contributed by atoms with Crippen molar-refractivity contribution in [1.29, 1.82) is 0 Å². The van der Waals surface area contributed by atoms with Gasteiger partial charge in [-0.05, 0) is 45.1 Å². The highest BCUT2D eigenvalue weighted by Gasteiger charge is 2.40. The molecular formula is C20H28F2N6O4S. The van der Waals surface area contributed by atoms with Gasteiger partial charge in [0.25, 0.3) is 5.56 Å². The number of hydrogen-bond acceptors (Lipinski definition) is 8. The van der Waals surface area contributed by atoms with Crippen LogP contribution in [0.25, 0.3) is 11.0 Å². The van der Waals surface area contributed by atoms with Gasteiger partial charge in [-0.25, -0.2) is 17.7 Å². The SMILES string of the molecule is C[C@@]1(O)CCC[C@H]1n1c(=O)c(NC(F)F)cc2cnc(NC3CCN(S(C)(=O)=O)CC3)nc21. The van der Waals surface area contributed by atoms with E-state index >= 15 is 0 Å². The van der Waals surface area contributed by atoms with Crippen LogP contribution in [-0.2, 0) is 10.0 Å². The van der Waals surface area contributed by atoms with Crippen molar-refractivity contribution in [3.8, 4) is 0 Å². The van der Waals surface area contributed by atoms with E-state index in [-0.39, 0.29) is 23.3 Å². The van der Waals surface area contributed by atoms with Crippen molar-refractivity contribution in [2.45, 2.75) is 63.3 Å². The van der Waals surface area contributed by atoms with Crippen LogP contribution in [0.1, 0.15) is 45.1 Å². The first-order valence-corrected chi connectivity index (χ1v) is 12.7. The number of fused-ring (bicyclic) bond motifs is 1. The van der Waals surface area contributed by atoms with E-state index in [0.717, 1.165) is 0 Å². The Morgan fingerprint density at radius 2 is 1.97 bits per heavy atom. The Kier molecular flexibility index (Phi) is 6.31. The second kappa shape index (κ2) is 8.76. The van der Waals surface area contributed by atoms with Gasteiger partial charge in [-0.1, -0.05) is 0 Å². The molecule has 33 heavy (non-hydrogen) atoms. The quantitative estimate of drug-likeness (QED) is 0.527. The second-order valence-corrected chi connectivity index (χ2v) is 11.0. The van der Waals surface area contributed by atoms with Crippen molar-refractivity contribution < 1.29 is 22.3 Å². The summed E-state index contributed by atoms with van der Waals surface area (Å²) in [5.74, 6) is 0.251. The Balaban J connectivity index is 1.69. The fourth-order valence-corrected chi connectivity index (χ4v) is 5.63. The van der Waals surface area contributed by atoms with E-state index in [1.807, 2.05) is 5.32 Å². The van der Waals surface area contributed by atoms with Crippen molar-refractivity contribution in [1.82, 2.24) is 18.8 Å². The normalized spacial score (nSPS) is 25.1. The van der Waals surface area contributed by atoms with Crippen LogP contribution < -0.4 is 16.2 Å². The minimum atomic E-state index is -3.24. The van der Waals surface area contributed by atoms with Crippen LogP contribution in [0.4, 0.5) is 20.4 Å². The first-order chi connectivity index (χ1) is 15.5. The molecule has 2 atom stereocenters. The molecule has 3 heterocycles. The highest BCUT2D eigenvalue weighted by molar-refractivity contribution is 7.88. The smallest absolute Gasteiger partial charge is 0.313 e. The van der Waals surface area contributed by atoms with Gasteiger partial charge in [0.2, 0.25) is 16.0 Å². The molecule has 1 aliphatic carbocycles. The first kappa shape index (κ1) is 23.8. The Morgan fingerprint density at radius 1 is 1.27 bits per heavy atom. The number of halogens is 2. The average molecular weight is 487 g/mol. The standard InChI is InChI=1S/C20H28F2N6O4S/c1-20(30)7-3-4-15(20)28-16-12(10-14(17(28)29)25-18(21)22)11-23-19(26-16)24-13-5-8-27(9-6-13)33(2,31)32/h10-11,13,15,18,25,30H,3-9H2,1-2H3,(H,23,24,26)/t15-,20-/m1/s1. The molecule has 2 aromatic rings. The third-order valence-corrected chi connectivity index (χ3v) is 7.79. The molecule has 4 rings (SSSR count). The van der Waals surface area contributed by atoms with Crippen molar-refractivity contribution in [2.75, 3.05) is 30.0 Å². The molecule has 0 bridgehead atoms. The average Bonchev–Trinajstić information content (AvgIpc) is 3.07. The van der Waals surface area contributed by atoms with Crippen molar-refractivity contribution in [3.05, 3.63) is 22.6 Å². The highest BCUT2D eigenvalue weighted by Crippen LogP contribution is 2.39. The number of pyridine rings is 1. The molecule has 10 nitrogen and oxygen atoms in total. The monoisotopic (exact) mass is 486 g/mol. The van der Waals surface area contributed by atoms with Gasteiger partial charge in [-0.2, -0.15) is 13.8 Å². The second-order valence-electron chi connectivity index (χ2n) is 9.00. The number of rotatable bonds is 6. The summed E-state index contributed by atoms with van der Waals surface area (Å²) >= 11 is 0. The van der Waals surface area contributed by atoms with E-state index in [4.69, 9.17) is 0 Å². The number of nitrogens with zero attached hydrogens (tertiary/aromatic N) is 4. The van der Waals surface area contributed by atoms with Gasteiger partial charge in [0.05, 0.1) is 17.9 Å². The lowest BCUT2D eigenvalue weighted by Gasteiger charge is -2.31. The van der Waals surface area contributed by atoms with Gasteiger partial charge < -0.3 is 15.7 Å². The molecule has 2 aliphatic rings. The maximum absolute atomic E-state index is 13.1. The molecule has 2 fully saturated rings. The summed E-state index contributed by atoms with van der Waals surface area (Å²) in [6.07, 6.45) is 5.44. The van der Waals surface area contributed by atoms with Gasteiger partial charge in [-0.15, -0.1) is 0 Å². The third kappa shape index (κ3) is 4.94. The number of aliphatic hydroxyl groups is 1. The first-order valence-electron chi connectivity index (χ1n) is 10.9. The molecular weight excluding hydrogens is 458 g/mol. The molecule has 1 aliphatic heterocycles. The van der Waals surface area contributed by atoms with Gasteiger partial charge in [0.1, 0.15) is 11.3 Å². The number of sulfonamides is 1. The molecule has 3 N–H and O–H groups in total. The summed E-state index contributed by atoms with van der Waals surface area (Å²) in [5.41, 5.74) is -1.89. The molecule has 0 unspecified atom stereocenters. The summed E-state index contributed by atoms with van der Waals surface area (Å²) in [6, 6.07) is 0.612. The van der Waals surface area contributed by atoms with Crippen molar-refractivity contribution in [3.63, 3.8) is 0 Å². The Bertz CT molecular complexity index is 1190. The molecule has 0 aromatic carbocycles. The molecule has 1 saturated carbocycles. The fraction of sp³-hybridized carbons (Fsp3) is 0.650. The topological polar surface area (TPSA) is 129 Å². The summed E-state index contributed by atoms with van der Waals surface area (Å²) < 4.78 is 52.1. The minimum absolute atomic E-state index is 0.0602. The number of alkyl halides is 2. The third-order valence-electron chi connectivity index (χ3n) is 6.48. The molecule has 13 heteroatoms. The molecule has 1 saturated heterocycles. The molecule has 0 amide bonds. The largest absolute Gasteiger partial charge is 0.388 e. The van der Waals surface area contributed by atoms with Crippen LogP contribution in [0.3, 0.4) is 0 Å². The van der Waals surface area contributed by atoms with E-state index in [1.54, 1.807) is 6.92 Å². The van der Waals surface area contributed by atoms with E-state index in [0.29, 0.717) is 50.6 Å². The molecule has 0 radical (unpaired) electrons. The molecule has 0 spiro atoms. The lowest BCUT2D eigenvalue weighted by molar-refractivity contribution is 0.0267. The lowest BCUT2D eigenvalue weighted by atomic mass is 10.00. The van der Waals surface area contributed by atoms with Crippen LogP contribution in [0.2, 0.25) is 0 Å². The van der Waals surface area contributed by atoms with Crippen LogP contribution in [-0.4, -0.2) is 69.9 Å². The maximum Gasteiger partial charge on any atom is 0.313 e. The van der Waals surface area contributed by atoms with Gasteiger partial charge in [0.15, 0.2) is 0 Å². The van der Waals surface area contributed by atoms with E-state index in [1.165, 1.54) is 27.4 Å². The van der Waals surface area contributed by atoms with E-state index in [2.05, 4.69) is 15.3 Å². The lowest BCUT2D eigenvalue weighted by Crippen LogP contribution is -2.42. The number of piperidine rings is 1. The van der Waals surface area contributed by atoms with Crippen LogP contribution >= 0.6 is 0 Å². The summed E-state index contributed by atoms with van der Waals surface area (Å²) in [5, 5.41) is 16.3. The number of nitrogens with one attached hydrogen (secondary N) is 2. The van der Waals surface area contributed by atoms with Gasteiger partial charge in [-0.3, -0.25) is 9.36 Å². The minimum Gasteiger partial charge on any atom is -0.388 e. The molecule has 182 valence electrons. The maximum atomic E-state index is 13.1. The zero-order chi connectivity index (χ0) is 24.0.